The van der Waals surface area contributed by atoms with Crippen molar-refractivity contribution < 1.29 is 4.74 Å². The summed E-state index contributed by atoms with van der Waals surface area (Å²) in [6, 6.07) is 5.53. The normalized spacial score (nSPS) is 10.6. The summed E-state index contributed by atoms with van der Waals surface area (Å²) in [5.74, 6) is 1.13. The maximum Gasteiger partial charge on any atom is 0.139 e. The highest BCUT2D eigenvalue weighted by molar-refractivity contribution is 9.10. The average molecular weight is 367 g/mol. The number of halogens is 3. The summed E-state index contributed by atoms with van der Waals surface area (Å²) in [5.41, 5.74) is 0.914. The van der Waals surface area contributed by atoms with Gasteiger partial charge in [-0.1, -0.05) is 27.5 Å². The number of benzene rings is 1. The third-order valence-corrected chi connectivity index (χ3v) is 4.24. The van der Waals surface area contributed by atoms with Crippen molar-refractivity contribution >= 4 is 50.5 Å². The molecule has 1 heterocycles. The molecule has 0 spiro atoms. The molecule has 0 bridgehead atoms. The minimum absolute atomic E-state index is 0.453. The number of alkyl halides is 1. The van der Waals surface area contributed by atoms with Gasteiger partial charge in [-0.05, 0) is 18.2 Å². The molecule has 96 valence electrons. The van der Waals surface area contributed by atoms with E-state index in [0.717, 1.165) is 21.6 Å². The first-order valence-electron chi connectivity index (χ1n) is 5.26. The van der Waals surface area contributed by atoms with E-state index in [2.05, 4.69) is 20.9 Å². The van der Waals surface area contributed by atoms with Crippen LogP contribution < -0.4 is 4.74 Å². The molecule has 1 aromatic heterocycles. The maximum atomic E-state index is 6.03. The van der Waals surface area contributed by atoms with E-state index in [1.807, 2.05) is 17.5 Å². The molecule has 18 heavy (non-hydrogen) atoms. The van der Waals surface area contributed by atoms with Crippen LogP contribution in [-0.2, 0) is 12.3 Å². The van der Waals surface area contributed by atoms with Gasteiger partial charge in [-0.2, -0.15) is 0 Å². The van der Waals surface area contributed by atoms with Crippen LogP contribution in [0.15, 0.2) is 28.1 Å². The summed E-state index contributed by atoms with van der Waals surface area (Å²) in [6.45, 7) is 0.547. The van der Waals surface area contributed by atoms with Crippen LogP contribution in [0.25, 0.3) is 0 Å². The van der Waals surface area contributed by atoms with Crippen molar-refractivity contribution in [2.75, 3.05) is 6.61 Å². The topological polar surface area (TPSA) is 22.1 Å². The van der Waals surface area contributed by atoms with Gasteiger partial charge in [0, 0.05) is 16.3 Å². The second-order valence-corrected chi connectivity index (χ2v) is 6.07. The van der Waals surface area contributed by atoms with Crippen molar-refractivity contribution in [3.05, 3.63) is 43.8 Å². The van der Waals surface area contributed by atoms with E-state index in [9.17, 15) is 0 Å². The van der Waals surface area contributed by atoms with E-state index in [0.29, 0.717) is 23.3 Å². The second-order valence-electron chi connectivity index (χ2n) is 3.54. The van der Waals surface area contributed by atoms with Crippen molar-refractivity contribution in [2.45, 2.75) is 12.3 Å². The molecule has 0 unspecified atom stereocenters. The van der Waals surface area contributed by atoms with Crippen molar-refractivity contribution in [1.29, 1.82) is 0 Å². The quantitative estimate of drug-likeness (QED) is 0.700. The highest BCUT2D eigenvalue weighted by Crippen LogP contribution is 2.28. The first-order valence-corrected chi connectivity index (χ1v) is 7.84. The van der Waals surface area contributed by atoms with E-state index in [4.69, 9.17) is 27.9 Å². The van der Waals surface area contributed by atoms with Gasteiger partial charge in [0.15, 0.2) is 0 Å². The molecule has 0 amide bonds. The average Bonchev–Trinajstić information content (AvgIpc) is 2.81. The van der Waals surface area contributed by atoms with Gasteiger partial charge in [0.05, 0.1) is 28.2 Å². The molecule has 2 rings (SSSR count). The Kier molecular flexibility index (Phi) is 5.30. The van der Waals surface area contributed by atoms with Crippen LogP contribution in [0.2, 0.25) is 5.02 Å². The molecule has 1 aromatic carbocycles. The minimum Gasteiger partial charge on any atom is -0.492 e. The predicted octanol–water partition coefficient (Wildman–Crippen LogP) is 4.92. The molecule has 0 aliphatic rings. The zero-order chi connectivity index (χ0) is 13.0. The van der Waals surface area contributed by atoms with Crippen LogP contribution in [0.5, 0.6) is 5.75 Å². The monoisotopic (exact) mass is 365 g/mol. The number of aromatic nitrogens is 1. The molecule has 0 N–H and O–H groups in total. The van der Waals surface area contributed by atoms with Crippen molar-refractivity contribution in [3.63, 3.8) is 0 Å². The van der Waals surface area contributed by atoms with Crippen LogP contribution in [-0.4, -0.2) is 11.6 Å². The molecule has 0 atom stereocenters. The number of hydrogen-bond acceptors (Lipinski definition) is 3. The largest absolute Gasteiger partial charge is 0.492 e. The van der Waals surface area contributed by atoms with Gasteiger partial charge in [-0.15, -0.1) is 22.9 Å². The lowest BCUT2D eigenvalue weighted by Gasteiger charge is -2.07. The van der Waals surface area contributed by atoms with E-state index in [1.165, 1.54) is 0 Å². The van der Waals surface area contributed by atoms with Crippen LogP contribution in [0, 0.1) is 0 Å². The first kappa shape index (κ1) is 14.1. The van der Waals surface area contributed by atoms with Crippen LogP contribution in [0.3, 0.4) is 0 Å². The van der Waals surface area contributed by atoms with Gasteiger partial charge < -0.3 is 4.74 Å². The summed E-state index contributed by atoms with van der Waals surface area (Å²) in [7, 11) is 0. The Bertz CT molecular complexity index is 533. The Morgan fingerprint density at radius 1 is 1.39 bits per heavy atom. The third kappa shape index (κ3) is 3.85. The predicted molar refractivity (Wildman–Crippen MR) is 80.0 cm³/mol. The zero-order valence-corrected chi connectivity index (χ0v) is 13.2. The second kappa shape index (κ2) is 6.75. The fraction of sp³-hybridized carbons (Fsp3) is 0.250. The molecule has 6 heteroatoms. The fourth-order valence-corrected chi connectivity index (χ4v) is 2.88. The number of ether oxygens (including phenoxy) is 1. The molecular weight excluding hydrogens is 357 g/mol. The standard InChI is InChI=1S/C12H10BrCl2NOS/c13-8-1-2-10(15)11(5-8)17-4-3-12-16-9(6-14)7-18-12/h1-2,5,7H,3-4,6H2. The molecule has 0 aliphatic carbocycles. The summed E-state index contributed by atoms with van der Waals surface area (Å²) < 4.78 is 6.58. The highest BCUT2D eigenvalue weighted by Gasteiger charge is 2.04. The lowest BCUT2D eigenvalue weighted by atomic mass is 10.3. The highest BCUT2D eigenvalue weighted by atomic mass is 79.9. The van der Waals surface area contributed by atoms with Gasteiger partial charge in [0.2, 0.25) is 0 Å². The van der Waals surface area contributed by atoms with Crippen molar-refractivity contribution in [3.8, 4) is 5.75 Å². The van der Waals surface area contributed by atoms with Crippen molar-refractivity contribution in [2.24, 2.45) is 0 Å². The number of rotatable bonds is 5. The molecule has 2 aromatic rings. The van der Waals surface area contributed by atoms with Gasteiger partial charge >= 0.3 is 0 Å². The Hall–Kier alpha value is -0.290. The molecule has 0 saturated heterocycles. The van der Waals surface area contributed by atoms with Gasteiger partial charge in [-0.3, -0.25) is 0 Å². The van der Waals surface area contributed by atoms with Crippen LogP contribution >= 0.6 is 50.5 Å². The molecular formula is C12H10BrCl2NOS. The lowest BCUT2D eigenvalue weighted by Crippen LogP contribution is -2.01. The van der Waals surface area contributed by atoms with E-state index < -0.39 is 0 Å². The summed E-state index contributed by atoms with van der Waals surface area (Å²) in [6.07, 6.45) is 0.754. The van der Waals surface area contributed by atoms with Gasteiger partial charge in [0.1, 0.15) is 5.75 Å². The van der Waals surface area contributed by atoms with Crippen LogP contribution in [0.4, 0.5) is 0 Å². The number of nitrogens with zero attached hydrogens (tertiary/aromatic N) is 1. The Balaban J connectivity index is 1.90. The Labute approximate surface area is 128 Å². The Morgan fingerprint density at radius 3 is 2.94 bits per heavy atom. The number of thiazole rings is 1. The smallest absolute Gasteiger partial charge is 0.139 e. The molecule has 2 nitrogen and oxygen atoms in total. The van der Waals surface area contributed by atoms with Crippen LogP contribution in [0.1, 0.15) is 10.7 Å². The molecule has 0 fully saturated rings. The summed E-state index contributed by atoms with van der Waals surface area (Å²) >= 11 is 16.7. The minimum atomic E-state index is 0.453. The third-order valence-electron chi connectivity index (χ3n) is 2.20. The van der Waals surface area contributed by atoms with E-state index in [1.54, 1.807) is 17.4 Å². The van der Waals surface area contributed by atoms with E-state index in [-0.39, 0.29) is 0 Å². The van der Waals surface area contributed by atoms with Gasteiger partial charge in [0.25, 0.3) is 0 Å². The maximum absolute atomic E-state index is 6.03. The van der Waals surface area contributed by atoms with Gasteiger partial charge in [-0.25, -0.2) is 4.98 Å². The van der Waals surface area contributed by atoms with Crippen molar-refractivity contribution in [1.82, 2.24) is 4.98 Å². The molecule has 0 radical (unpaired) electrons. The first-order chi connectivity index (χ1) is 8.69. The van der Waals surface area contributed by atoms with E-state index >= 15 is 0 Å². The SMILES string of the molecule is ClCc1csc(CCOc2cc(Br)ccc2Cl)n1. The summed E-state index contributed by atoms with van der Waals surface area (Å²) in [5, 5.41) is 3.60. The lowest BCUT2D eigenvalue weighted by molar-refractivity contribution is 0.321. The fourth-order valence-electron chi connectivity index (χ4n) is 1.36. The Morgan fingerprint density at radius 2 is 2.22 bits per heavy atom. The number of hydrogen-bond donors (Lipinski definition) is 0. The zero-order valence-electron chi connectivity index (χ0n) is 9.33. The molecule has 0 aliphatic heterocycles. The summed E-state index contributed by atoms with van der Waals surface area (Å²) in [4.78, 5) is 4.36. The molecule has 0 saturated carbocycles.